The molecule has 0 atom stereocenters. The fourth-order valence-electron chi connectivity index (χ4n) is 2.01. The maximum Gasteiger partial charge on any atom is 0.460 e. The molecule has 38 heavy (non-hydrogen) atoms. The molecule has 0 aliphatic carbocycles. The van der Waals surface area contributed by atoms with Gasteiger partial charge < -0.3 is 9.79 Å². The van der Waals surface area contributed by atoms with Crippen LogP contribution >= 0.6 is 8.25 Å². The van der Waals surface area contributed by atoms with E-state index in [0.29, 0.717) is 0 Å². The molecule has 0 bridgehead atoms. The summed E-state index contributed by atoms with van der Waals surface area (Å²) in [6.45, 7) is 0.0827. The van der Waals surface area contributed by atoms with Gasteiger partial charge in [0.1, 0.15) is 0 Å². The van der Waals surface area contributed by atoms with Crippen LogP contribution < -0.4 is 0 Å². The average Bonchev–Trinajstić information content (AvgIpc) is 2.69. The highest BCUT2D eigenvalue weighted by Crippen LogP contribution is 2.64. The highest BCUT2D eigenvalue weighted by Gasteiger charge is 2.96. The van der Waals surface area contributed by atoms with Gasteiger partial charge in [-0.15, -0.1) is 0 Å². The van der Waals surface area contributed by atoms with Crippen LogP contribution in [0.2, 0.25) is 0 Å². The standard InChI is InChI=1S/C13H12F17NO2S.H3O3P/c1-3-4-5-31(2)34(32,33)13(29,30)11(24,25)9(20,21)7(16,17)6(14,15)8(18,19)10(22,23)12(26,27)28;1-4(2)3/h3-5H2,1-2H3;4H,(H2,1,2,3). The van der Waals surface area contributed by atoms with E-state index in [1.54, 1.807) is 0 Å². The van der Waals surface area contributed by atoms with Crippen LogP contribution in [-0.4, -0.2) is 83.1 Å². The van der Waals surface area contributed by atoms with Crippen molar-refractivity contribution in [3.63, 3.8) is 0 Å². The second-order valence-electron chi connectivity index (χ2n) is 6.92. The molecule has 0 aromatic heterocycles. The molecule has 2 N–H and O–H groups in total. The van der Waals surface area contributed by atoms with Gasteiger partial charge in [0.25, 0.3) is 10.0 Å². The zero-order valence-corrected chi connectivity index (χ0v) is 19.8. The molecule has 25 heteroatoms. The Morgan fingerprint density at radius 2 is 0.895 bits per heavy atom. The van der Waals surface area contributed by atoms with Crippen LogP contribution in [0.1, 0.15) is 19.8 Å². The first-order valence-corrected chi connectivity index (χ1v) is 11.5. The lowest BCUT2D eigenvalue weighted by Gasteiger charge is -2.42. The molecule has 0 amide bonds. The average molecular weight is 651 g/mol. The molecule has 0 aromatic rings. The van der Waals surface area contributed by atoms with Crippen molar-refractivity contribution in [2.24, 2.45) is 0 Å². The molecule has 0 spiro atoms. The van der Waals surface area contributed by atoms with Crippen LogP contribution in [0, 0.1) is 0 Å². The minimum Gasteiger partial charge on any atom is -0.326 e. The van der Waals surface area contributed by atoms with Crippen LogP contribution in [0.15, 0.2) is 0 Å². The molecule has 0 rings (SSSR count). The molecule has 0 unspecified atom stereocenters. The third-order valence-corrected chi connectivity index (χ3v) is 6.16. The highest BCUT2D eigenvalue weighted by atomic mass is 32.2. The van der Waals surface area contributed by atoms with Gasteiger partial charge in [0, 0.05) is 13.6 Å². The fraction of sp³-hybridized carbons (Fsp3) is 1.00. The molecule has 0 aromatic carbocycles. The van der Waals surface area contributed by atoms with Gasteiger partial charge in [0.2, 0.25) is 0 Å². The summed E-state index contributed by atoms with van der Waals surface area (Å²) in [6, 6.07) is 0. The Morgan fingerprint density at radius 1 is 0.632 bits per heavy atom. The molecule has 0 radical (unpaired) electrons. The molecule has 232 valence electrons. The van der Waals surface area contributed by atoms with E-state index in [1.165, 1.54) is 6.92 Å². The van der Waals surface area contributed by atoms with Gasteiger partial charge in [-0.2, -0.15) is 78.9 Å². The molecule has 0 saturated heterocycles. The normalized spacial score (nSPS) is 15.6. The van der Waals surface area contributed by atoms with E-state index in [4.69, 9.17) is 14.4 Å². The number of sulfonamides is 1. The lowest BCUT2D eigenvalue weighted by Crippen LogP contribution is -2.75. The third kappa shape index (κ3) is 6.12. The van der Waals surface area contributed by atoms with Gasteiger partial charge in [0.15, 0.2) is 0 Å². The molecular weight excluding hydrogens is 636 g/mol. The van der Waals surface area contributed by atoms with E-state index in [9.17, 15) is 83.1 Å². The zero-order chi connectivity index (χ0) is 31.8. The Morgan fingerprint density at radius 3 is 1.16 bits per heavy atom. The summed E-state index contributed by atoms with van der Waals surface area (Å²) in [6.07, 6.45) is -8.37. The second kappa shape index (κ2) is 11.4. The van der Waals surface area contributed by atoms with Crippen molar-refractivity contribution in [1.29, 1.82) is 0 Å². The number of hydrogen-bond donors (Lipinski definition) is 2. The molecule has 6 nitrogen and oxygen atoms in total. The van der Waals surface area contributed by atoms with E-state index >= 15 is 0 Å². The minimum atomic E-state index is -8.82. The van der Waals surface area contributed by atoms with E-state index in [-0.39, 0.29) is 13.5 Å². The third-order valence-electron chi connectivity index (χ3n) is 4.25. The summed E-state index contributed by atoms with van der Waals surface area (Å²) in [7, 11) is -10.3. The summed E-state index contributed by atoms with van der Waals surface area (Å²) in [5, 5.41) is -7.49. The van der Waals surface area contributed by atoms with Crippen molar-refractivity contribution in [1.82, 2.24) is 4.31 Å². The molecule has 0 aliphatic heterocycles. The first-order chi connectivity index (χ1) is 16.2. The second-order valence-corrected chi connectivity index (χ2v) is 9.57. The van der Waals surface area contributed by atoms with Gasteiger partial charge in [-0.05, 0) is 6.42 Å². The SMILES string of the molecule is CCCCN(C)S(=O)(=O)C(F)(F)C(F)(F)C(F)(F)C(F)(F)C(F)(F)C(F)(F)C(F)(F)C(F)(F)F.O=[PH](O)O. The van der Waals surface area contributed by atoms with Crippen molar-refractivity contribution in [3.05, 3.63) is 0 Å². The smallest absolute Gasteiger partial charge is 0.326 e. The zero-order valence-electron chi connectivity index (χ0n) is 18.0. The van der Waals surface area contributed by atoms with Crippen molar-refractivity contribution in [2.75, 3.05) is 13.6 Å². The number of alkyl halides is 17. The van der Waals surface area contributed by atoms with Crippen molar-refractivity contribution < 1.29 is 97.4 Å². The monoisotopic (exact) mass is 651 g/mol. The minimum absolute atomic E-state index is 0.0118. The predicted octanol–water partition coefficient (Wildman–Crippen LogP) is 5.38. The van der Waals surface area contributed by atoms with Crippen LogP contribution in [0.3, 0.4) is 0 Å². The van der Waals surface area contributed by atoms with Crippen LogP contribution in [0.4, 0.5) is 74.6 Å². The number of hydrogen-bond acceptors (Lipinski definition) is 3. The molecule has 0 heterocycles. The van der Waals surface area contributed by atoms with Gasteiger partial charge in [-0.3, -0.25) is 4.57 Å². The Labute approximate surface area is 201 Å². The van der Waals surface area contributed by atoms with Gasteiger partial charge >= 0.3 is 55.2 Å². The molecule has 0 fully saturated rings. The van der Waals surface area contributed by atoms with Gasteiger partial charge in [0.05, 0.1) is 0 Å². The van der Waals surface area contributed by atoms with Crippen LogP contribution in [0.25, 0.3) is 0 Å². The summed E-state index contributed by atoms with van der Waals surface area (Å²) >= 11 is 0. The van der Waals surface area contributed by atoms with E-state index in [1.807, 2.05) is 0 Å². The summed E-state index contributed by atoms with van der Waals surface area (Å²) in [5.74, 6) is -51.5. The predicted molar refractivity (Wildman–Crippen MR) is 90.6 cm³/mol. The first kappa shape index (κ1) is 39.0. The fourth-order valence-corrected chi connectivity index (χ4v) is 3.22. The largest absolute Gasteiger partial charge is 0.460 e. The van der Waals surface area contributed by atoms with Crippen molar-refractivity contribution >= 4 is 18.3 Å². The Hall–Kier alpha value is -1.13. The summed E-state index contributed by atoms with van der Waals surface area (Å²) in [4.78, 5) is 14.3. The lowest BCUT2D eigenvalue weighted by molar-refractivity contribution is -0.458. The summed E-state index contributed by atoms with van der Waals surface area (Å²) < 4.78 is 255. The number of rotatable bonds is 11. The maximum atomic E-state index is 13.8. The summed E-state index contributed by atoms with van der Waals surface area (Å²) in [5.41, 5.74) is 0. The van der Waals surface area contributed by atoms with E-state index < -0.39 is 82.5 Å². The van der Waals surface area contributed by atoms with E-state index in [0.717, 1.165) is 0 Å². The van der Waals surface area contributed by atoms with Crippen LogP contribution in [-0.2, 0) is 14.6 Å². The quantitative estimate of drug-likeness (QED) is 0.232. The highest BCUT2D eigenvalue weighted by molar-refractivity contribution is 7.90. The number of unbranched alkanes of at least 4 members (excludes halogenated alkanes) is 1. The van der Waals surface area contributed by atoms with Gasteiger partial charge in [-0.1, -0.05) is 13.3 Å². The van der Waals surface area contributed by atoms with Crippen molar-refractivity contribution in [2.45, 2.75) is 66.7 Å². The Bertz CT molecular complexity index is 933. The lowest BCUT2D eigenvalue weighted by atomic mass is 9.91. The Kier molecular flexibility index (Phi) is 11.7. The first-order valence-electron chi connectivity index (χ1n) is 8.80. The molecular formula is C13H15F17NO5PS. The van der Waals surface area contributed by atoms with Crippen LogP contribution in [0.5, 0.6) is 0 Å². The maximum absolute atomic E-state index is 13.8. The number of nitrogens with zero attached hydrogens (tertiary/aromatic N) is 1. The molecule has 0 saturated carbocycles. The van der Waals surface area contributed by atoms with E-state index in [2.05, 4.69) is 0 Å². The topological polar surface area (TPSA) is 94.9 Å². The molecule has 0 aliphatic rings. The number of halogens is 17. The van der Waals surface area contributed by atoms with Gasteiger partial charge in [-0.25, -0.2) is 8.42 Å². The Balaban J connectivity index is 0. The van der Waals surface area contributed by atoms with Crippen molar-refractivity contribution in [3.8, 4) is 0 Å².